The van der Waals surface area contributed by atoms with Crippen molar-refractivity contribution in [2.45, 2.75) is 19.4 Å². The molecule has 4 heterocycles. The van der Waals surface area contributed by atoms with E-state index in [-0.39, 0.29) is 28.9 Å². The molecule has 3 N–H and O–H groups in total. The minimum absolute atomic E-state index is 0.0611. The topological polar surface area (TPSA) is 117 Å². The van der Waals surface area contributed by atoms with Crippen LogP contribution in [0.15, 0.2) is 30.9 Å². The molecular weight excluding hydrogens is 408 g/mol. The molecule has 0 radical (unpaired) electrons. The fraction of sp³-hybridized carbons (Fsp3) is 0.318. The van der Waals surface area contributed by atoms with Crippen molar-refractivity contribution in [2.75, 3.05) is 29.6 Å². The molecule has 1 fully saturated rings. The number of nitrogens with one attached hydrogen (secondary N) is 3. The van der Waals surface area contributed by atoms with Crippen molar-refractivity contribution in [1.29, 1.82) is 0 Å². The molecule has 10 heteroatoms. The summed E-state index contributed by atoms with van der Waals surface area (Å²) >= 11 is 0. The molecular formula is C22H24N8O2. The van der Waals surface area contributed by atoms with Crippen molar-refractivity contribution in [2.24, 2.45) is 12.9 Å². The molecule has 5 rings (SSSR count). The van der Waals surface area contributed by atoms with Gasteiger partial charge < -0.3 is 20.9 Å². The summed E-state index contributed by atoms with van der Waals surface area (Å²) in [5.41, 5.74) is 2.98. The number of aromatic nitrogens is 4. The Hall–Kier alpha value is -3.95. The molecule has 0 spiro atoms. The number of hydrogen-bond acceptors (Lipinski definition) is 7. The minimum atomic E-state index is -2.72. The third-order valence-electron chi connectivity index (χ3n) is 5.48. The van der Waals surface area contributed by atoms with E-state index in [0.29, 0.717) is 34.7 Å². The zero-order valence-corrected chi connectivity index (χ0v) is 17.1. The molecule has 0 aromatic carbocycles. The third-order valence-corrected chi connectivity index (χ3v) is 5.48. The molecule has 1 aliphatic heterocycles. The summed E-state index contributed by atoms with van der Waals surface area (Å²) in [6, 6.07) is 1.45. The number of hydrogen-bond donors (Lipinski definition) is 3. The van der Waals surface area contributed by atoms with Gasteiger partial charge >= 0.3 is 0 Å². The van der Waals surface area contributed by atoms with E-state index in [2.05, 4.69) is 25.7 Å². The predicted molar refractivity (Wildman–Crippen MR) is 121 cm³/mol. The largest absolute Gasteiger partial charge is 0.368 e. The summed E-state index contributed by atoms with van der Waals surface area (Å²) in [7, 11) is 1.82. The Kier molecular flexibility index (Phi) is 3.38. The second-order valence-corrected chi connectivity index (χ2v) is 7.84. The van der Waals surface area contributed by atoms with Crippen LogP contribution in [0.2, 0.25) is 0 Å². The first kappa shape index (κ1) is 14.2. The highest BCUT2D eigenvalue weighted by molar-refractivity contribution is 6.02. The Morgan fingerprint density at radius 2 is 2.09 bits per heavy atom. The maximum atomic E-state index is 12.8. The van der Waals surface area contributed by atoms with E-state index in [1.54, 1.807) is 6.20 Å². The van der Waals surface area contributed by atoms with Crippen LogP contribution in [0.5, 0.6) is 0 Å². The van der Waals surface area contributed by atoms with E-state index in [1.165, 1.54) is 24.7 Å². The Labute approximate surface area is 193 Å². The first-order chi connectivity index (χ1) is 17.8. The van der Waals surface area contributed by atoms with Crippen LogP contribution in [-0.4, -0.2) is 45.6 Å². The fourth-order valence-corrected chi connectivity index (χ4v) is 3.81. The van der Waals surface area contributed by atoms with Crippen LogP contribution < -0.4 is 20.9 Å². The molecule has 0 saturated heterocycles. The highest BCUT2D eigenvalue weighted by Crippen LogP contribution is 2.42. The molecule has 1 saturated carbocycles. The average Bonchev–Trinajstić information content (AvgIpc) is 3.56. The van der Waals surface area contributed by atoms with Crippen molar-refractivity contribution in [3.05, 3.63) is 42.0 Å². The highest BCUT2D eigenvalue weighted by atomic mass is 16.2. The summed E-state index contributed by atoms with van der Waals surface area (Å²) in [6.07, 6.45) is 7.36. The maximum Gasteiger partial charge on any atom is 0.254 e. The van der Waals surface area contributed by atoms with Crippen LogP contribution in [0.25, 0.3) is 11.3 Å². The summed E-state index contributed by atoms with van der Waals surface area (Å²) < 4.78 is 46.2. The average molecular weight is 439 g/mol. The van der Waals surface area contributed by atoms with Gasteiger partial charge in [-0.05, 0) is 12.8 Å². The van der Waals surface area contributed by atoms with Crippen molar-refractivity contribution >= 4 is 34.7 Å². The van der Waals surface area contributed by atoms with Crippen molar-refractivity contribution in [3.63, 3.8) is 0 Å². The lowest BCUT2D eigenvalue weighted by Crippen LogP contribution is -2.23. The molecule has 3 aromatic rings. The molecule has 3 aromatic heterocycles. The summed E-state index contributed by atoms with van der Waals surface area (Å²) in [5, 5.41) is 12.1. The number of carbonyl (C=O) groups excluding carboxylic acids is 2. The predicted octanol–water partition coefficient (Wildman–Crippen LogP) is 2.28. The standard InChI is InChI=1S/C22H24N8O2/c1-23-22(32)14-8-25-18(27-21(31)12-4-5-12)6-16(14)26-17-9-24-7-15-19-13(11-30(3)28-19)10-29(2)20(15)17/h6-9,11-12H,4-5,10H2,1-3H3,(H,23,32)(H2,25,26,27,31)/i1D3,3D3. The molecule has 0 atom stereocenters. The monoisotopic (exact) mass is 438 g/mol. The van der Waals surface area contributed by atoms with Crippen molar-refractivity contribution in [1.82, 2.24) is 25.1 Å². The van der Waals surface area contributed by atoms with Gasteiger partial charge in [0.25, 0.3) is 5.91 Å². The first-order valence-electron chi connectivity index (χ1n) is 13.0. The second kappa shape index (κ2) is 7.63. The van der Waals surface area contributed by atoms with Crippen molar-refractivity contribution < 1.29 is 17.8 Å². The lowest BCUT2D eigenvalue weighted by atomic mass is 10.0. The number of carbonyl (C=O) groups is 2. The molecule has 2 aliphatic rings. The number of pyridine rings is 2. The van der Waals surface area contributed by atoms with Gasteiger partial charge in [0.05, 0.1) is 28.8 Å². The minimum Gasteiger partial charge on any atom is -0.368 e. The number of rotatable bonds is 5. The molecule has 1 aliphatic carbocycles. The molecule has 10 nitrogen and oxygen atoms in total. The number of aryl methyl sites for hydroxylation is 1. The molecule has 164 valence electrons. The van der Waals surface area contributed by atoms with Gasteiger partial charge in [-0.25, -0.2) is 4.98 Å². The van der Waals surface area contributed by atoms with Gasteiger partial charge in [-0.15, -0.1) is 0 Å². The smallest absolute Gasteiger partial charge is 0.254 e. The zero-order valence-electron chi connectivity index (χ0n) is 23.1. The normalized spacial score (nSPS) is 18.0. The zero-order chi connectivity index (χ0) is 27.4. The summed E-state index contributed by atoms with van der Waals surface area (Å²) in [4.78, 5) is 35.4. The van der Waals surface area contributed by atoms with Crippen LogP contribution in [0.4, 0.5) is 22.9 Å². The SMILES string of the molecule is [2H]C([2H])([2H])NC(=O)c1cnc(NC(=O)C2CC2)cc1Nc1cncc2c1N(C)Cc1cn(C([2H])([2H])[2H])nc1-2. The second-order valence-electron chi connectivity index (χ2n) is 7.84. The van der Waals surface area contributed by atoms with Gasteiger partial charge in [0.2, 0.25) is 5.91 Å². The number of amides is 2. The van der Waals surface area contributed by atoms with E-state index >= 15 is 0 Å². The number of anilines is 4. The van der Waals surface area contributed by atoms with E-state index in [4.69, 9.17) is 8.22 Å². The first-order valence-corrected chi connectivity index (χ1v) is 9.99. The van der Waals surface area contributed by atoms with Gasteiger partial charge in [0.15, 0.2) is 0 Å². The van der Waals surface area contributed by atoms with Gasteiger partial charge in [-0.3, -0.25) is 19.3 Å². The van der Waals surface area contributed by atoms with Gasteiger partial charge in [-0.1, -0.05) is 0 Å². The van der Waals surface area contributed by atoms with Crippen molar-refractivity contribution in [3.8, 4) is 11.3 Å². The molecule has 0 unspecified atom stereocenters. The number of fused-ring (bicyclic) bond motifs is 3. The van der Waals surface area contributed by atoms with Crippen LogP contribution in [0.1, 0.15) is 37.0 Å². The summed E-state index contributed by atoms with van der Waals surface area (Å²) in [6.45, 7) is -4.80. The van der Waals surface area contributed by atoms with Crippen LogP contribution in [-0.2, 0) is 18.3 Å². The quantitative estimate of drug-likeness (QED) is 0.559. The Bertz CT molecular complexity index is 1430. The lowest BCUT2D eigenvalue weighted by Gasteiger charge is -2.29. The maximum absolute atomic E-state index is 12.8. The number of nitrogens with zero attached hydrogens (tertiary/aromatic N) is 5. The third kappa shape index (κ3) is 3.53. The Morgan fingerprint density at radius 1 is 1.22 bits per heavy atom. The molecule has 32 heavy (non-hydrogen) atoms. The lowest BCUT2D eigenvalue weighted by molar-refractivity contribution is -0.117. The van der Waals surface area contributed by atoms with E-state index in [9.17, 15) is 9.59 Å². The van der Waals surface area contributed by atoms with Gasteiger partial charge in [-0.2, -0.15) is 5.10 Å². The molecule has 0 bridgehead atoms. The highest BCUT2D eigenvalue weighted by Gasteiger charge is 2.30. The summed E-state index contributed by atoms with van der Waals surface area (Å²) in [5.74, 6) is -0.946. The van der Waals surface area contributed by atoms with E-state index in [0.717, 1.165) is 17.5 Å². The Morgan fingerprint density at radius 3 is 2.88 bits per heavy atom. The van der Waals surface area contributed by atoms with Crippen LogP contribution in [0.3, 0.4) is 0 Å². The molecule has 2 amide bonds. The van der Waals surface area contributed by atoms with E-state index < -0.39 is 19.9 Å². The van der Waals surface area contributed by atoms with Gasteiger partial charge in [0, 0.05) is 77.5 Å². The van der Waals surface area contributed by atoms with Gasteiger partial charge in [0.1, 0.15) is 11.5 Å². The fourth-order valence-electron chi connectivity index (χ4n) is 3.81. The Balaban J connectivity index is 1.55. The van der Waals surface area contributed by atoms with Crippen LogP contribution in [0, 0.1) is 5.92 Å². The van der Waals surface area contributed by atoms with E-state index in [1.807, 2.05) is 17.3 Å². The van der Waals surface area contributed by atoms with Crippen LogP contribution >= 0.6 is 0 Å².